The van der Waals surface area contributed by atoms with Crippen molar-refractivity contribution in [2.45, 2.75) is 57.7 Å². The zero-order valence-corrected chi connectivity index (χ0v) is 11.4. The SMILES string of the molecule is CC(CN)C(=O)N1CCC(OC2CCCC2)CC1. The molecule has 1 aliphatic heterocycles. The Bertz CT molecular complexity index is 269. The number of likely N-dealkylation sites (tertiary alicyclic amines) is 1. The zero-order chi connectivity index (χ0) is 13.0. The van der Waals surface area contributed by atoms with Gasteiger partial charge in [0.1, 0.15) is 0 Å². The molecule has 1 heterocycles. The normalized spacial score (nSPS) is 24.4. The fourth-order valence-corrected chi connectivity index (χ4v) is 2.92. The van der Waals surface area contributed by atoms with Crippen LogP contribution in [0.1, 0.15) is 45.4 Å². The Hall–Kier alpha value is -0.610. The van der Waals surface area contributed by atoms with Gasteiger partial charge in [0.2, 0.25) is 5.91 Å². The third-order valence-electron chi connectivity index (χ3n) is 4.22. The van der Waals surface area contributed by atoms with E-state index in [0.29, 0.717) is 18.8 Å². The molecule has 104 valence electrons. The average Bonchev–Trinajstić information content (AvgIpc) is 2.91. The molecular weight excluding hydrogens is 228 g/mol. The van der Waals surface area contributed by atoms with Gasteiger partial charge in [0.15, 0.2) is 0 Å². The first-order chi connectivity index (χ1) is 8.70. The molecule has 1 atom stereocenters. The van der Waals surface area contributed by atoms with Crippen LogP contribution in [0.15, 0.2) is 0 Å². The Morgan fingerprint density at radius 1 is 1.22 bits per heavy atom. The summed E-state index contributed by atoms with van der Waals surface area (Å²) in [5, 5.41) is 0. The topological polar surface area (TPSA) is 55.6 Å². The van der Waals surface area contributed by atoms with Gasteiger partial charge in [-0.05, 0) is 25.7 Å². The minimum Gasteiger partial charge on any atom is -0.375 e. The van der Waals surface area contributed by atoms with Gasteiger partial charge in [-0.3, -0.25) is 4.79 Å². The summed E-state index contributed by atoms with van der Waals surface area (Å²) in [6, 6.07) is 0. The number of nitrogens with two attached hydrogens (primary N) is 1. The van der Waals surface area contributed by atoms with Gasteiger partial charge in [-0.25, -0.2) is 0 Å². The number of piperidine rings is 1. The van der Waals surface area contributed by atoms with Crippen LogP contribution in [0, 0.1) is 5.92 Å². The van der Waals surface area contributed by atoms with Crippen LogP contribution in [0.4, 0.5) is 0 Å². The first-order valence-electron chi connectivity index (χ1n) is 7.35. The summed E-state index contributed by atoms with van der Waals surface area (Å²) in [6.07, 6.45) is 7.91. The molecule has 0 spiro atoms. The number of ether oxygens (including phenoxy) is 1. The molecular formula is C14H26N2O2. The number of hydrogen-bond acceptors (Lipinski definition) is 3. The van der Waals surface area contributed by atoms with Gasteiger partial charge in [-0.1, -0.05) is 19.8 Å². The van der Waals surface area contributed by atoms with Crippen LogP contribution < -0.4 is 5.73 Å². The van der Waals surface area contributed by atoms with E-state index in [9.17, 15) is 4.79 Å². The molecule has 0 radical (unpaired) electrons. The van der Waals surface area contributed by atoms with Gasteiger partial charge in [0.25, 0.3) is 0 Å². The van der Waals surface area contributed by atoms with Crippen LogP contribution in [0.5, 0.6) is 0 Å². The van der Waals surface area contributed by atoms with Crippen LogP contribution >= 0.6 is 0 Å². The maximum Gasteiger partial charge on any atom is 0.226 e. The van der Waals surface area contributed by atoms with Crippen molar-refractivity contribution in [3.8, 4) is 0 Å². The quantitative estimate of drug-likeness (QED) is 0.828. The molecule has 18 heavy (non-hydrogen) atoms. The summed E-state index contributed by atoms with van der Waals surface area (Å²) < 4.78 is 6.10. The summed E-state index contributed by atoms with van der Waals surface area (Å²) in [5.41, 5.74) is 5.54. The molecule has 2 rings (SSSR count). The standard InChI is InChI=1S/C14H26N2O2/c1-11(10-15)14(17)16-8-6-13(7-9-16)18-12-4-2-3-5-12/h11-13H,2-10,15H2,1H3. The summed E-state index contributed by atoms with van der Waals surface area (Å²) in [6.45, 7) is 4.02. The van der Waals surface area contributed by atoms with E-state index >= 15 is 0 Å². The number of carbonyl (C=O) groups excluding carboxylic acids is 1. The van der Waals surface area contributed by atoms with Gasteiger partial charge in [-0.2, -0.15) is 0 Å². The van der Waals surface area contributed by atoms with Crippen molar-refractivity contribution in [1.29, 1.82) is 0 Å². The molecule has 2 fully saturated rings. The lowest BCUT2D eigenvalue weighted by molar-refractivity contribution is -0.138. The molecule has 1 saturated carbocycles. The van der Waals surface area contributed by atoms with Crippen LogP contribution in [0.2, 0.25) is 0 Å². The molecule has 0 aromatic heterocycles. The van der Waals surface area contributed by atoms with Crippen molar-refractivity contribution in [2.24, 2.45) is 11.7 Å². The predicted octanol–water partition coefficient (Wildman–Crippen LogP) is 1.53. The predicted molar refractivity (Wildman–Crippen MR) is 71.2 cm³/mol. The van der Waals surface area contributed by atoms with Crippen LogP contribution in [-0.4, -0.2) is 42.6 Å². The van der Waals surface area contributed by atoms with Gasteiger partial charge in [-0.15, -0.1) is 0 Å². The van der Waals surface area contributed by atoms with Crippen molar-refractivity contribution in [1.82, 2.24) is 4.90 Å². The van der Waals surface area contributed by atoms with Crippen LogP contribution in [0.25, 0.3) is 0 Å². The number of hydrogen-bond donors (Lipinski definition) is 1. The fourth-order valence-electron chi connectivity index (χ4n) is 2.92. The Labute approximate surface area is 110 Å². The van der Waals surface area contributed by atoms with Crippen LogP contribution in [0.3, 0.4) is 0 Å². The largest absolute Gasteiger partial charge is 0.375 e. The third kappa shape index (κ3) is 3.45. The molecule has 4 nitrogen and oxygen atoms in total. The van der Waals surface area contributed by atoms with Crippen molar-refractivity contribution >= 4 is 5.91 Å². The number of rotatable bonds is 4. The van der Waals surface area contributed by atoms with Gasteiger partial charge >= 0.3 is 0 Å². The summed E-state index contributed by atoms with van der Waals surface area (Å²) in [7, 11) is 0. The zero-order valence-electron chi connectivity index (χ0n) is 11.4. The van der Waals surface area contributed by atoms with Crippen LogP contribution in [-0.2, 0) is 9.53 Å². The highest BCUT2D eigenvalue weighted by Crippen LogP contribution is 2.25. The highest BCUT2D eigenvalue weighted by Gasteiger charge is 2.28. The molecule has 0 bridgehead atoms. The molecule has 1 aliphatic carbocycles. The minimum atomic E-state index is -0.0442. The molecule has 1 amide bonds. The molecule has 2 N–H and O–H groups in total. The van der Waals surface area contributed by atoms with E-state index in [1.807, 2.05) is 11.8 Å². The number of carbonyl (C=O) groups is 1. The van der Waals surface area contributed by atoms with Crippen molar-refractivity contribution in [2.75, 3.05) is 19.6 Å². The van der Waals surface area contributed by atoms with E-state index < -0.39 is 0 Å². The Morgan fingerprint density at radius 3 is 2.33 bits per heavy atom. The second-order valence-corrected chi connectivity index (χ2v) is 5.70. The maximum absolute atomic E-state index is 12.0. The second-order valence-electron chi connectivity index (χ2n) is 5.70. The van der Waals surface area contributed by atoms with Gasteiger partial charge in [0.05, 0.1) is 12.2 Å². The summed E-state index contributed by atoms with van der Waals surface area (Å²) in [4.78, 5) is 13.9. The first-order valence-corrected chi connectivity index (χ1v) is 7.35. The van der Waals surface area contributed by atoms with Crippen molar-refractivity contribution in [3.05, 3.63) is 0 Å². The summed E-state index contributed by atoms with van der Waals surface area (Å²) in [5.74, 6) is 0.161. The Balaban J connectivity index is 1.72. The van der Waals surface area contributed by atoms with Crippen molar-refractivity contribution < 1.29 is 9.53 Å². The molecule has 0 aromatic rings. The van der Waals surface area contributed by atoms with E-state index in [0.717, 1.165) is 25.9 Å². The molecule has 1 unspecified atom stereocenters. The number of nitrogens with zero attached hydrogens (tertiary/aromatic N) is 1. The average molecular weight is 254 g/mol. The third-order valence-corrected chi connectivity index (χ3v) is 4.22. The highest BCUT2D eigenvalue weighted by atomic mass is 16.5. The minimum absolute atomic E-state index is 0.0442. The number of amides is 1. The fraction of sp³-hybridized carbons (Fsp3) is 0.929. The lowest BCUT2D eigenvalue weighted by Gasteiger charge is -2.34. The first kappa shape index (κ1) is 13.8. The monoisotopic (exact) mass is 254 g/mol. The molecule has 1 saturated heterocycles. The lowest BCUT2D eigenvalue weighted by Crippen LogP contribution is -2.45. The smallest absolute Gasteiger partial charge is 0.226 e. The lowest BCUT2D eigenvalue weighted by atomic mass is 10.0. The molecule has 2 aliphatic rings. The van der Waals surface area contributed by atoms with E-state index in [1.54, 1.807) is 0 Å². The second kappa shape index (κ2) is 6.53. The van der Waals surface area contributed by atoms with Gasteiger partial charge in [0, 0.05) is 25.6 Å². The Morgan fingerprint density at radius 2 is 1.78 bits per heavy atom. The van der Waals surface area contributed by atoms with E-state index in [1.165, 1.54) is 25.7 Å². The molecule has 4 heteroatoms. The maximum atomic E-state index is 12.0. The molecule has 0 aromatic carbocycles. The highest BCUT2D eigenvalue weighted by molar-refractivity contribution is 5.78. The van der Waals surface area contributed by atoms with Crippen molar-refractivity contribution in [3.63, 3.8) is 0 Å². The summed E-state index contributed by atoms with van der Waals surface area (Å²) >= 11 is 0. The van der Waals surface area contributed by atoms with Gasteiger partial charge < -0.3 is 15.4 Å². The van der Waals surface area contributed by atoms with E-state index in [-0.39, 0.29) is 11.8 Å². The Kier molecular flexibility index (Phi) is 5.01. The van der Waals surface area contributed by atoms with E-state index in [2.05, 4.69) is 0 Å². The van der Waals surface area contributed by atoms with E-state index in [4.69, 9.17) is 10.5 Å².